The standard InChI is InChI=1S/C24H21N3O2/c1-29-20-10-8-17(9-11-20)23-21-15-27(13-12-22(21)25-26-23)24(28)19-7-6-16-4-2-3-5-18(16)14-19/h2-11,14H,12-13,15H2,1H3,(H,25,26). The van der Waals surface area contributed by atoms with Crippen molar-refractivity contribution in [3.63, 3.8) is 0 Å². The van der Waals surface area contributed by atoms with Gasteiger partial charge in [-0.15, -0.1) is 0 Å². The number of nitrogens with one attached hydrogen (secondary N) is 1. The molecule has 5 nitrogen and oxygen atoms in total. The second-order valence-corrected chi connectivity index (χ2v) is 7.30. The lowest BCUT2D eigenvalue weighted by Gasteiger charge is -2.27. The van der Waals surface area contributed by atoms with Crippen LogP contribution in [0.15, 0.2) is 66.7 Å². The van der Waals surface area contributed by atoms with Crippen LogP contribution in [0.4, 0.5) is 0 Å². The Kier molecular flexibility index (Phi) is 4.28. The maximum atomic E-state index is 13.2. The largest absolute Gasteiger partial charge is 0.497 e. The Labute approximate surface area is 168 Å². The number of carbonyl (C=O) groups is 1. The van der Waals surface area contributed by atoms with E-state index in [0.29, 0.717) is 13.1 Å². The van der Waals surface area contributed by atoms with Crippen molar-refractivity contribution in [3.8, 4) is 17.0 Å². The van der Waals surface area contributed by atoms with Gasteiger partial charge in [0.05, 0.1) is 12.8 Å². The SMILES string of the molecule is COc1ccc(-c2n[nH]c3c2CN(C(=O)c2ccc4ccccc4c2)CC3)cc1. The van der Waals surface area contributed by atoms with Gasteiger partial charge in [-0.05, 0) is 47.2 Å². The van der Waals surface area contributed by atoms with E-state index >= 15 is 0 Å². The zero-order valence-corrected chi connectivity index (χ0v) is 16.2. The first kappa shape index (κ1) is 17.5. The lowest BCUT2D eigenvalue weighted by molar-refractivity contribution is 0.0735. The highest BCUT2D eigenvalue weighted by molar-refractivity contribution is 5.98. The number of aromatic nitrogens is 2. The first-order valence-corrected chi connectivity index (χ1v) is 9.71. The van der Waals surface area contributed by atoms with Gasteiger partial charge in [-0.25, -0.2) is 0 Å². The van der Waals surface area contributed by atoms with Gasteiger partial charge in [0.15, 0.2) is 0 Å². The number of H-pyrrole nitrogens is 1. The van der Waals surface area contributed by atoms with E-state index in [1.165, 1.54) is 0 Å². The third-order valence-electron chi connectivity index (χ3n) is 5.58. The Morgan fingerprint density at radius 2 is 1.83 bits per heavy atom. The summed E-state index contributed by atoms with van der Waals surface area (Å²) in [5.41, 5.74) is 4.84. The minimum absolute atomic E-state index is 0.0586. The summed E-state index contributed by atoms with van der Waals surface area (Å²) in [5.74, 6) is 0.870. The number of aromatic amines is 1. The van der Waals surface area contributed by atoms with Crippen LogP contribution in [0.1, 0.15) is 21.6 Å². The number of hydrogen-bond donors (Lipinski definition) is 1. The summed E-state index contributed by atoms with van der Waals surface area (Å²) in [4.78, 5) is 15.1. The number of amides is 1. The van der Waals surface area contributed by atoms with Crippen molar-refractivity contribution in [3.05, 3.63) is 83.6 Å². The fourth-order valence-electron chi connectivity index (χ4n) is 3.96. The quantitative estimate of drug-likeness (QED) is 0.569. The van der Waals surface area contributed by atoms with Crippen LogP contribution in [0, 0.1) is 0 Å². The van der Waals surface area contributed by atoms with E-state index in [1.54, 1.807) is 7.11 Å². The van der Waals surface area contributed by atoms with Crippen LogP contribution in [-0.2, 0) is 13.0 Å². The molecule has 0 bridgehead atoms. The molecule has 5 rings (SSSR count). The van der Waals surface area contributed by atoms with E-state index in [0.717, 1.165) is 51.0 Å². The van der Waals surface area contributed by atoms with E-state index in [4.69, 9.17) is 4.74 Å². The van der Waals surface area contributed by atoms with Crippen LogP contribution < -0.4 is 4.74 Å². The van der Waals surface area contributed by atoms with Gasteiger partial charge in [0.25, 0.3) is 5.91 Å². The van der Waals surface area contributed by atoms with Gasteiger partial charge in [-0.1, -0.05) is 30.3 Å². The van der Waals surface area contributed by atoms with E-state index in [-0.39, 0.29) is 5.91 Å². The number of rotatable bonds is 3. The first-order valence-electron chi connectivity index (χ1n) is 9.71. The molecule has 2 heterocycles. The Balaban J connectivity index is 1.43. The zero-order valence-electron chi connectivity index (χ0n) is 16.2. The fourth-order valence-corrected chi connectivity index (χ4v) is 3.96. The van der Waals surface area contributed by atoms with Gasteiger partial charge in [0.2, 0.25) is 0 Å². The predicted octanol–water partition coefficient (Wildman–Crippen LogP) is 4.44. The van der Waals surface area contributed by atoms with Gasteiger partial charge < -0.3 is 9.64 Å². The molecule has 29 heavy (non-hydrogen) atoms. The third kappa shape index (κ3) is 3.14. The molecule has 0 radical (unpaired) electrons. The van der Waals surface area contributed by atoms with Gasteiger partial charge in [0.1, 0.15) is 5.75 Å². The number of carbonyl (C=O) groups excluding carboxylic acids is 1. The Hall–Kier alpha value is -3.60. The molecule has 0 fully saturated rings. The lowest BCUT2D eigenvalue weighted by atomic mass is 10.00. The molecule has 0 saturated carbocycles. The molecule has 0 saturated heterocycles. The maximum Gasteiger partial charge on any atom is 0.254 e. The summed E-state index contributed by atoms with van der Waals surface area (Å²) < 4.78 is 5.25. The molecule has 0 aliphatic carbocycles. The van der Waals surface area contributed by atoms with Crippen molar-refractivity contribution in [2.75, 3.05) is 13.7 Å². The molecule has 1 aliphatic heterocycles. The molecule has 4 aromatic rings. The van der Waals surface area contributed by atoms with E-state index < -0.39 is 0 Å². The lowest BCUT2D eigenvalue weighted by Crippen LogP contribution is -2.35. The van der Waals surface area contributed by atoms with E-state index in [9.17, 15) is 4.79 Å². The molecule has 1 aliphatic rings. The molecular formula is C24H21N3O2. The van der Waals surface area contributed by atoms with Gasteiger partial charge in [0, 0.05) is 41.9 Å². The Morgan fingerprint density at radius 1 is 1.03 bits per heavy atom. The highest BCUT2D eigenvalue weighted by Crippen LogP contribution is 2.30. The molecule has 0 atom stereocenters. The summed E-state index contributed by atoms with van der Waals surface area (Å²) >= 11 is 0. The van der Waals surface area contributed by atoms with Crippen LogP contribution in [0.3, 0.4) is 0 Å². The summed E-state index contributed by atoms with van der Waals surface area (Å²) in [5, 5.41) is 9.91. The molecule has 0 unspecified atom stereocenters. The van der Waals surface area contributed by atoms with Gasteiger partial charge >= 0.3 is 0 Å². The number of benzene rings is 3. The predicted molar refractivity (Wildman–Crippen MR) is 113 cm³/mol. The van der Waals surface area contributed by atoms with Crippen molar-refractivity contribution in [1.82, 2.24) is 15.1 Å². The topological polar surface area (TPSA) is 58.2 Å². The molecule has 144 valence electrons. The third-order valence-corrected chi connectivity index (χ3v) is 5.58. The minimum atomic E-state index is 0.0586. The van der Waals surface area contributed by atoms with Gasteiger partial charge in [-0.3, -0.25) is 9.89 Å². The van der Waals surface area contributed by atoms with E-state index in [2.05, 4.69) is 16.3 Å². The maximum absolute atomic E-state index is 13.2. The first-order chi connectivity index (χ1) is 14.2. The normalized spacial score (nSPS) is 13.3. The van der Waals surface area contributed by atoms with Crippen molar-refractivity contribution in [2.24, 2.45) is 0 Å². The second kappa shape index (κ2) is 7.09. The molecule has 3 aromatic carbocycles. The van der Waals surface area contributed by atoms with Crippen LogP contribution >= 0.6 is 0 Å². The fraction of sp³-hybridized carbons (Fsp3) is 0.167. The second-order valence-electron chi connectivity index (χ2n) is 7.30. The molecule has 1 amide bonds. The highest BCUT2D eigenvalue weighted by Gasteiger charge is 2.26. The number of methoxy groups -OCH3 is 1. The van der Waals surface area contributed by atoms with Crippen molar-refractivity contribution < 1.29 is 9.53 Å². The van der Waals surface area contributed by atoms with Crippen LogP contribution in [-0.4, -0.2) is 34.7 Å². The molecular weight excluding hydrogens is 362 g/mol. The smallest absolute Gasteiger partial charge is 0.254 e. The monoisotopic (exact) mass is 383 g/mol. The average Bonchev–Trinajstić information content (AvgIpc) is 3.21. The molecule has 1 aromatic heterocycles. The van der Waals surface area contributed by atoms with Crippen molar-refractivity contribution >= 4 is 16.7 Å². The average molecular weight is 383 g/mol. The van der Waals surface area contributed by atoms with Crippen molar-refractivity contribution in [2.45, 2.75) is 13.0 Å². The summed E-state index contributed by atoms with van der Waals surface area (Å²) in [7, 11) is 1.65. The summed E-state index contributed by atoms with van der Waals surface area (Å²) in [6.45, 7) is 1.24. The Bertz CT molecular complexity index is 1190. The van der Waals surface area contributed by atoms with E-state index in [1.807, 2.05) is 65.6 Å². The highest BCUT2D eigenvalue weighted by atomic mass is 16.5. The molecule has 5 heteroatoms. The van der Waals surface area contributed by atoms with Crippen LogP contribution in [0.5, 0.6) is 5.75 Å². The Morgan fingerprint density at radius 3 is 2.62 bits per heavy atom. The minimum Gasteiger partial charge on any atom is -0.497 e. The number of ether oxygens (including phenoxy) is 1. The number of hydrogen-bond acceptors (Lipinski definition) is 3. The molecule has 0 spiro atoms. The zero-order chi connectivity index (χ0) is 19.8. The summed E-state index contributed by atoms with van der Waals surface area (Å²) in [6, 6.07) is 21.9. The number of nitrogens with zero attached hydrogens (tertiary/aromatic N) is 2. The number of fused-ring (bicyclic) bond motifs is 2. The summed E-state index contributed by atoms with van der Waals surface area (Å²) in [6.07, 6.45) is 0.776. The van der Waals surface area contributed by atoms with Gasteiger partial charge in [-0.2, -0.15) is 5.10 Å². The van der Waals surface area contributed by atoms with Crippen LogP contribution in [0.2, 0.25) is 0 Å². The van der Waals surface area contributed by atoms with Crippen LogP contribution in [0.25, 0.3) is 22.0 Å². The van der Waals surface area contributed by atoms with Crippen molar-refractivity contribution in [1.29, 1.82) is 0 Å². The molecule has 1 N–H and O–H groups in total.